The van der Waals surface area contributed by atoms with Crippen molar-refractivity contribution in [3.63, 3.8) is 0 Å². The minimum Gasteiger partial charge on any atom is -0.310 e. The maximum Gasteiger partial charge on any atom is 0.275 e. The minimum atomic E-state index is -0.163. The van der Waals surface area contributed by atoms with Gasteiger partial charge in [-0.3, -0.25) is 4.79 Å². The molecular formula is C21H18N8O. The van der Waals surface area contributed by atoms with Gasteiger partial charge >= 0.3 is 0 Å². The first-order valence-corrected chi connectivity index (χ1v) is 9.59. The number of rotatable bonds is 5. The van der Waals surface area contributed by atoms with E-state index in [1.54, 1.807) is 6.07 Å². The Morgan fingerprint density at radius 2 is 1.83 bits per heavy atom. The number of aryl methyl sites for hydroxylation is 1. The number of H-pyrrole nitrogens is 1. The number of benzene rings is 2. The van der Waals surface area contributed by atoms with Crippen LogP contribution in [0.15, 0.2) is 65.7 Å². The van der Waals surface area contributed by atoms with Crippen LogP contribution in [0.4, 0.5) is 0 Å². The Kier molecular flexibility index (Phi) is 4.40. The first kappa shape index (κ1) is 17.9. The van der Waals surface area contributed by atoms with Crippen molar-refractivity contribution in [2.45, 2.75) is 19.9 Å². The summed E-state index contributed by atoms with van der Waals surface area (Å²) in [7, 11) is 0. The molecule has 0 aliphatic rings. The Labute approximate surface area is 171 Å². The number of aromatic nitrogens is 8. The average molecular weight is 398 g/mol. The summed E-state index contributed by atoms with van der Waals surface area (Å²) in [6.45, 7) is 2.62. The second kappa shape index (κ2) is 7.36. The van der Waals surface area contributed by atoms with Gasteiger partial charge in [-0.2, -0.15) is 19.8 Å². The fourth-order valence-electron chi connectivity index (χ4n) is 3.63. The molecule has 0 saturated carbocycles. The van der Waals surface area contributed by atoms with E-state index in [0.29, 0.717) is 18.1 Å². The van der Waals surface area contributed by atoms with Gasteiger partial charge in [0.1, 0.15) is 6.33 Å². The first-order chi connectivity index (χ1) is 14.7. The molecule has 0 spiro atoms. The van der Waals surface area contributed by atoms with Crippen LogP contribution in [0.3, 0.4) is 0 Å². The number of hydrogen-bond donors (Lipinski definition) is 1. The van der Waals surface area contributed by atoms with Gasteiger partial charge < -0.3 is 4.57 Å². The van der Waals surface area contributed by atoms with Crippen molar-refractivity contribution in [1.82, 2.24) is 39.8 Å². The fraction of sp³-hybridized carbons (Fsp3) is 0.143. The molecule has 1 N–H and O–H groups in total. The average Bonchev–Trinajstić information content (AvgIpc) is 3.49. The molecule has 30 heavy (non-hydrogen) atoms. The van der Waals surface area contributed by atoms with E-state index in [-0.39, 0.29) is 5.56 Å². The summed E-state index contributed by atoms with van der Waals surface area (Å²) in [5.74, 6) is 1.11. The largest absolute Gasteiger partial charge is 0.310 e. The summed E-state index contributed by atoms with van der Waals surface area (Å²) >= 11 is 0. The highest BCUT2D eigenvalue weighted by Crippen LogP contribution is 2.29. The van der Waals surface area contributed by atoms with Crippen molar-refractivity contribution in [2.24, 2.45) is 0 Å². The van der Waals surface area contributed by atoms with Gasteiger partial charge in [0.15, 0.2) is 0 Å². The number of nitrogens with one attached hydrogen (secondary N) is 1. The highest BCUT2D eigenvalue weighted by Gasteiger charge is 2.12. The number of nitrogens with zero attached hydrogens (tertiary/aromatic N) is 7. The van der Waals surface area contributed by atoms with E-state index in [4.69, 9.17) is 0 Å². The molecule has 0 saturated heterocycles. The van der Waals surface area contributed by atoms with Gasteiger partial charge in [-0.1, -0.05) is 55.5 Å². The highest BCUT2D eigenvalue weighted by atomic mass is 16.1. The first-order valence-electron chi connectivity index (χ1n) is 9.59. The Morgan fingerprint density at radius 1 is 1.03 bits per heavy atom. The van der Waals surface area contributed by atoms with Crippen molar-refractivity contribution in [3.8, 4) is 22.5 Å². The molecule has 0 aliphatic heterocycles. The maximum absolute atomic E-state index is 12.2. The predicted octanol–water partition coefficient (Wildman–Crippen LogP) is 2.35. The third kappa shape index (κ3) is 3.06. The summed E-state index contributed by atoms with van der Waals surface area (Å²) in [5, 5.41) is 18.4. The molecule has 5 rings (SSSR count). The SMILES string of the molecule is CCc1cc(=O)n2ncnc2n1Cc1ccc(-c2ccccc2-c2nn[nH]n2)cc1. The van der Waals surface area contributed by atoms with Gasteiger partial charge in [-0.05, 0) is 28.3 Å². The zero-order valence-electron chi connectivity index (χ0n) is 16.2. The topological polar surface area (TPSA) is 107 Å². The van der Waals surface area contributed by atoms with Crippen molar-refractivity contribution in [2.75, 3.05) is 0 Å². The molecule has 9 nitrogen and oxygen atoms in total. The lowest BCUT2D eigenvalue weighted by molar-refractivity contribution is 0.710. The number of fused-ring (bicyclic) bond motifs is 1. The summed E-state index contributed by atoms with van der Waals surface area (Å²) in [6, 6.07) is 17.9. The van der Waals surface area contributed by atoms with Crippen LogP contribution >= 0.6 is 0 Å². The van der Waals surface area contributed by atoms with Crippen LogP contribution in [0.5, 0.6) is 0 Å². The molecule has 9 heteroatoms. The molecule has 0 unspecified atom stereocenters. The van der Waals surface area contributed by atoms with E-state index >= 15 is 0 Å². The lowest BCUT2D eigenvalue weighted by Crippen LogP contribution is -2.21. The maximum atomic E-state index is 12.2. The molecule has 0 amide bonds. The monoisotopic (exact) mass is 398 g/mol. The van der Waals surface area contributed by atoms with Crippen molar-refractivity contribution in [3.05, 3.63) is 82.5 Å². The molecule has 0 radical (unpaired) electrons. The van der Waals surface area contributed by atoms with E-state index in [1.165, 1.54) is 10.8 Å². The molecule has 148 valence electrons. The number of tetrazole rings is 1. The second-order valence-corrected chi connectivity index (χ2v) is 6.86. The Balaban J connectivity index is 1.51. The van der Waals surface area contributed by atoms with Crippen molar-refractivity contribution in [1.29, 1.82) is 0 Å². The van der Waals surface area contributed by atoms with Gasteiger partial charge in [-0.25, -0.2) is 0 Å². The zero-order valence-corrected chi connectivity index (χ0v) is 16.2. The molecule has 0 atom stereocenters. The molecule has 2 aromatic carbocycles. The van der Waals surface area contributed by atoms with Gasteiger partial charge in [0.25, 0.3) is 5.56 Å². The molecule has 3 aromatic heterocycles. The van der Waals surface area contributed by atoms with E-state index in [0.717, 1.165) is 34.4 Å². The van der Waals surface area contributed by atoms with Crippen LogP contribution in [-0.4, -0.2) is 39.8 Å². The van der Waals surface area contributed by atoms with E-state index in [9.17, 15) is 4.79 Å². The van der Waals surface area contributed by atoms with Crippen LogP contribution in [-0.2, 0) is 13.0 Å². The smallest absolute Gasteiger partial charge is 0.275 e. The third-order valence-electron chi connectivity index (χ3n) is 5.10. The molecule has 0 aliphatic carbocycles. The van der Waals surface area contributed by atoms with Crippen LogP contribution in [0, 0.1) is 0 Å². The highest BCUT2D eigenvalue weighted by molar-refractivity contribution is 5.80. The van der Waals surface area contributed by atoms with E-state index in [1.807, 2.05) is 35.8 Å². The number of hydrogen-bond acceptors (Lipinski definition) is 6. The molecule has 5 aromatic rings. The predicted molar refractivity (Wildman–Crippen MR) is 111 cm³/mol. The zero-order chi connectivity index (χ0) is 20.5. The second-order valence-electron chi connectivity index (χ2n) is 6.86. The van der Waals surface area contributed by atoms with Gasteiger partial charge in [0, 0.05) is 17.3 Å². The van der Waals surface area contributed by atoms with E-state index in [2.05, 4.69) is 55.0 Å². The Bertz CT molecular complexity index is 1370. The Morgan fingerprint density at radius 3 is 2.57 bits per heavy atom. The van der Waals surface area contributed by atoms with Crippen molar-refractivity contribution < 1.29 is 0 Å². The van der Waals surface area contributed by atoms with Gasteiger partial charge in [-0.15, -0.1) is 10.2 Å². The number of aromatic amines is 1. The van der Waals surface area contributed by atoms with Crippen LogP contribution < -0.4 is 5.56 Å². The lowest BCUT2D eigenvalue weighted by atomic mass is 9.98. The summed E-state index contributed by atoms with van der Waals surface area (Å²) < 4.78 is 3.35. The van der Waals surface area contributed by atoms with Crippen LogP contribution in [0.25, 0.3) is 28.3 Å². The molecule has 3 heterocycles. The normalized spacial score (nSPS) is 11.2. The molecule has 0 bridgehead atoms. The van der Waals surface area contributed by atoms with Gasteiger partial charge in [0.05, 0.1) is 6.54 Å². The van der Waals surface area contributed by atoms with Crippen LogP contribution in [0.2, 0.25) is 0 Å². The summed E-state index contributed by atoms with van der Waals surface area (Å²) in [4.78, 5) is 16.5. The quantitative estimate of drug-likeness (QED) is 0.487. The third-order valence-corrected chi connectivity index (χ3v) is 5.10. The fourth-order valence-corrected chi connectivity index (χ4v) is 3.63. The van der Waals surface area contributed by atoms with E-state index < -0.39 is 0 Å². The summed E-state index contributed by atoms with van der Waals surface area (Å²) in [5.41, 5.74) is 4.86. The van der Waals surface area contributed by atoms with Gasteiger partial charge in [0.2, 0.25) is 11.6 Å². The van der Waals surface area contributed by atoms with Crippen molar-refractivity contribution >= 4 is 5.78 Å². The minimum absolute atomic E-state index is 0.163. The molecule has 0 fully saturated rings. The molecular weight excluding hydrogens is 380 g/mol. The lowest BCUT2D eigenvalue weighted by Gasteiger charge is -2.14. The Hall–Kier alpha value is -4.14. The summed E-state index contributed by atoms with van der Waals surface area (Å²) in [6.07, 6.45) is 2.14. The standard InChI is InChI=1S/C21H18N8O/c1-2-16-11-19(30)29-21(22-13-23-29)28(16)12-14-7-9-15(10-8-14)17-5-3-4-6-18(17)20-24-26-27-25-20/h3-11,13H,2,12H2,1H3,(H,24,25,26,27). The van der Waals surface area contributed by atoms with Crippen LogP contribution in [0.1, 0.15) is 18.2 Å².